The number of hydrogen-bond donors (Lipinski definition) is 1. The second-order valence-corrected chi connectivity index (χ2v) is 5.64. The van der Waals surface area contributed by atoms with Crippen LogP contribution in [0.4, 0.5) is 4.39 Å². The lowest BCUT2D eigenvalue weighted by Crippen LogP contribution is -2.37. The van der Waals surface area contributed by atoms with E-state index in [-0.39, 0.29) is 36.5 Å². The predicted octanol–water partition coefficient (Wildman–Crippen LogP) is 2.79. The number of amides is 1. The van der Waals surface area contributed by atoms with E-state index < -0.39 is 5.97 Å². The smallest absolute Gasteiger partial charge is 0.305 e. The number of benzene rings is 1. The highest BCUT2D eigenvalue weighted by atomic mass is 19.1. The Balaban J connectivity index is 1.98. The third kappa shape index (κ3) is 4.03. The van der Waals surface area contributed by atoms with Gasteiger partial charge in [-0.05, 0) is 36.5 Å². The molecule has 1 aliphatic heterocycles. The van der Waals surface area contributed by atoms with E-state index in [0.717, 1.165) is 18.4 Å². The maximum absolute atomic E-state index is 13.2. The molecule has 0 radical (unpaired) electrons. The third-order valence-corrected chi connectivity index (χ3v) is 4.01. The van der Waals surface area contributed by atoms with Crippen molar-refractivity contribution in [3.05, 3.63) is 35.6 Å². The molecule has 0 aromatic heterocycles. The first-order valence-corrected chi connectivity index (χ1v) is 7.24. The standard InChI is InChI=1S/C16H20FNO3/c1-11(12-4-2-5-13(17)9-12)8-15(19)18-7-3-6-14(18)10-16(20)21/h2,4-5,9,11,14H,3,6-8,10H2,1H3,(H,20,21). The molecule has 0 spiro atoms. The molecular weight excluding hydrogens is 273 g/mol. The first kappa shape index (κ1) is 15.5. The molecule has 1 heterocycles. The van der Waals surface area contributed by atoms with Crippen LogP contribution in [0.1, 0.15) is 44.1 Å². The molecule has 21 heavy (non-hydrogen) atoms. The number of likely N-dealkylation sites (tertiary alicyclic amines) is 1. The van der Waals surface area contributed by atoms with Crippen LogP contribution >= 0.6 is 0 Å². The number of hydrogen-bond acceptors (Lipinski definition) is 2. The first-order valence-electron chi connectivity index (χ1n) is 7.24. The largest absolute Gasteiger partial charge is 0.481 e. The van der Waals surface area contributed by atoms with Crippen molar-refractivity contribution in [3.63, 3.8) is 0 Å². The maximum atomic E-state index is 13.2. The summed E-state index contributed by atoms with van der Waals surface area (Å²) in [7, 11) is 0. The van der Waals surface area contributed by atoms with Crippen LogP contribution in [0.3, 0.4) is 0 Å². The van der Waals surface area contributed by atoms with E-state index in [1.807, 2.05) is 6.92 Å². The molecule has 2 unspecified atom stereocenters. The van der Waals surface area contributed by atoms with Crippen molar-refractivity contribution in [2.75, 3.05) is 6.54 Å². The van der Waals surface area contributed by atoms with E-state index in [2.05, 4.69) is 0 Å². The number of aliphatic carboxylic acids is 1. The molecule has 0 bridgehead atoms. The van der Waals surface area contributed by atoms with E-state index in [9.17, 15) is 14.0 Å². The summed E-state index contributed by atoms with van der Waals surface area (Å²) in [6.07, 6.45) is 1.87. The highest BCUT2D eigenvalue weighted by molar-refractivity contribution is 5.78. The van der Waals surface area contributed by atoms with Crippen molar-refractivity contribution < 1.29 is 19.1 Å². The zero-order chi connectivity index (χ0) is 15.4. The zero-order valence-corrected chi connectivity index (χ0v) is 12.1. The van der Waals surface area contributed by atoms with Gasteiger partial charge in [-0.1, -0.05) is 19.1 Å². The van der Waals surface area contributed by atoms with Gasteiger partial charge in [0.1, 0.15) is 5.82 Å². The summed E-state index contributed by atoms with van der Waals surface area (Å²) in [6.45, 7) is 2.50. The molecule has 1 fully saturated rings. The van der Waals surface area contributed by atoms with Crippen molar-refractivity contribution in [2.24, 2.45) is 0 Å². The minimum atomic E-state index is -0.877. The Bertz CT molecular complexity index is 532. The van der Waals surface area contributed by atoms with Crippen LogP contribution in [0, 0.1) is 5.82 Å². The fourth-order valence-electron chi connectivity index (χ4n) is 2.89. The molecule has 1 aromatic rings. The number of carbonyl (C=O) groups is 2. The van der Waals surface area contributed by atoms with Crippen LogP contribution < -0.4 is 0 Å². The monoisotopic (exact) mass is 293 g/mol. The molecule has 2 atom stereocenters. The van der Waals surface area contributed by atoms with Crippen molar-refractivity contribution in [1.29, 1.82) is 0 Å². The van der Waals surface area contributed by atoms with Gasteiger partial charge in [0.25, 0.3) is 0 Å². The summed E-state index contributed by atoms with van der Waals surface area (Å²) in [5, 5.41) is 8.88. The van der Waals surface area contributed by atoms with Gasteiger partial charge < -0.3 is 10.0 Å². The number of nitrogens with zero attached hydrogens (tertiary/aromatic N) is 1. The summed E-state index contributed by atoms with van der Waals surface area (Å²) in [6, 6.07) is 6.06. The molecular formula is C16H20FNO3. The van der Waals surface area contributed by atoms with Crippen LogP contribution in [-0.2, 0) is 9.59 Å². The van der Waals surface area contributed by atoms with Gasteiger partial charge in [-0.25, -0.2) is 4.39 Å². The van der Waals surface area contributed by atoms with Crippen LogP contribution in [0.5, 0.6) is 0 Å². The molecule has 1 N–H and O–H groups in total. The average molecular weight is 293 g/mol. The van der Waals surface area contributed by atoms with Crippen LogP contribution in [-0.4, -0.2) is 34.5 Å². The summed E-state index contributed by atoms with van der Waals surface area (Å²) in [5.41, 5.74) is 0.789. The highest BCUT2D eigenvalue weighted by Crippen LogP contribution is 2.25. The molecule has 1 aliphatic rings. The first-order chi connectivity index (χ1) is 9.97. The van der Waals surface area contributed by atoms with Crippen LogP contribution in [0.25, 0.3) is 0 Å². The van der Waals surface area contributed by atoms with E-state index in [1.54, 1.807) is 17.0 Å². The van der Waals surface area contributed by atoms with Gasteiger partial charge in [-0.3, -0.25) is 9.59 Å². The van der Waals surface area contributed by atoms with Crippen molar-refractivity contribution >= 4 is 11.9 Å². The Hall–Kier alpha value is -1.91. The molecule has 1 aromatic carbocycles. The van der Waals surface area contributed by atoms with Gasteiger partial charge in [-0.2, -0.15) is 0 Å². The summed E-state index contributed by atoms with van der Waals surface area (Å²) in [4.78, 5) is 24.8. The Kier molecular flexibility index (Phi) is 4.94. The molecule has 4 nitrogen and oxygen atoms in total. The van der Waals surface area contributed by atoms with Crippen molar-refractivity contribution in [1.82, 2.24) is 4.90 Å². The molecule has 5 heteroatoms. The number of carboxylic acid groups (broad SMARTS) is 1. The Morgan fingerprint density at radius 1 is 1.48 bits per heavy atom. The third-order valence-electron chi connectivity index (χ3n) is 4.01. The summed E-state index contributed by atoms with van der Waals surface area (Å²) >= 11 is 0. The SMILES string of the molecule is CC(CC(=O)N1CCCC1CC(=O)O)c1cccc(F)c1. The Labute approximate surface area is 123 Å². The van der Waals surface area contributed by atoms with E-state index >= 15 is 0 Å². The molecule has 1 saturated heterocycles. The van der Waals surface area contributed by atoms with Gasteiger partial charge in [0.2, 0.25) is 5.91 Å². The van der Waals surface area contributed by atoms with E-state index in [4.69, 9.17) is 5.11 Å². The van der Waals surface area contributed by atoms with Crippen LogP contribution in [0.2, 0.25) is 0 Å². The molecule has 114 valence electrons. The fourth-order valence-corrected chi connectivity index (χ4v) is 2.89. The van der Waals surface area contributed by atoms with Crippen LogP contribution in [0.15, 0.2) is 24.3 Å². The fraction of sp³-hybridized carbons (Fsp3) is 0.500. The minimum absolute atomic E-state index is 0.0000854. The summed E-state index contributed by atoms with van der Waals surface area (Å²) < 4.78 is 13.2. The quantitative estimate of drug-likeness (QED) is 0.908. The number of rotatable bonds is 5. The Morgan fingerprint density at radius 3 is 2.90 bits per heavy atom. The van der Waals surface area contributed by atoms with Gasteiger partial charge in [-0.15, -0.1) is 0 Å². The molecule has 0 saturated carbocycles. The second kappa shape index (κ2) is 6.70. The van der Waals surface area contributed by atoms with Gasteiger partial charge >= 0.3 is 5.97 Å². The Morgan fingerprint density at radius 2 is 2.24 bits per heavy atom. The van der Waals surface area contributed by atoms with Gasteiger partial charge in [0.05, 0.1) is 6.42 Å². The minimum Gasteiger partial charge on any atom is -0.481 e. The number of carboxylic acids is 1. The topological polar surface area (TPSA) is 57.6 Å². The lowest BCUT2D eigenvalue weighted by Gasteiger charge is -2.25. The van der Waals surface area contributed by atoms with Crippen molar-refractivity contribution in [2.45, 2.75) is 44.6 Å². The van der Waals surface area contributed by atoms with Gasteiger partial charge in [0, 0.05) is 19.0 Å². The van der Waals surface area contributed by atoms with E-state index in [0.29, 0.717) is 6.54 Å². The van der Waals surface area contributed by atoms with E-state index in [1.165, 1.54) is 12.1 Å². The normalized spacial score (nSPS) is 19.5. The zero-order valence-electron chi connectivity index (χ0n) is 12.1. The molecule has 1 amide bonds. The summed E-state index contributed by atoms with van der Waals surface area (Å²) in [5.74, 6) is -1.32. The average Bonchev–Trinajstić information content (AvgIpc) is 2.86. The van der Waals surface area contributed by atoms with Gasteiger partial charge in [0.15, 0.2) is 0 Å². The molecule has 0 aliphatic carbocycles. The molecule has 2 rings (SSSR count). The predicted molar refractivity (Wildman–Crippen MR) is 76.4 cm³/mol. The maximum Gasteiger partial charge on any atom is 0.305 e. The lowest BCUT2D eigenvalue weighted by molar-refractivity contribution is -0.140. The number of carbonyl (C=O) groups excluding carboxylic acids is 1. The second-order valence-electron chi connectivity index (χ2n) is 5.64. The highest BCUT2D eigenvalue weighted by Gasteiger charge is 2.30. The lowest BCUT2D eigenvalue weighted by atomic mass is 9.97. The number of halogens is 1. The van der Waals surface area contributed by atoms with Crippen molar-refractivity contribution in [3.8, 4) is 0 Å².